The number of aromatic nitrogens is 1. The molecule has 0 bridgehead atoms. The lowest BCUT2D eigenvalue weighted by atomic mass is 10.0. The van der Waals surface area contributed by atoms with Crippen molar-refractivity contribution in [2.24, 2.45) is 0 Å². The number of carbonyl (C=O) groups is 2. The van der Waals surface area contributed by atoms with Crippen molar-refractivity contribution in [3.8, 4) is 0 Å². The summed E-state index contributed by atoms with van der Waals surface area (Å²) in [5.41, 5.74) is 1.04. The van der Waals surface area contributed by atoms with Gasteiger partial charge >= 0.3 is 0 Å². The van der Waals surface area contributed by atoms with Gasteiger partial charge in [-0.3, -0.25) is 14.5 Å². The molecule has 1 aromatic carbocycles. The molecule has 1 atom stereocenters. The van der Waals surface area contributed by atoms with Gasteiger partial charge < -0.3 is 14.8 Å². The Morgan fingerprint density at radius 1 is 1.14 bits per heavy atom. The summed E-state index contributed by atoms with van der Waals surface area (Å²) in [6.07, 6.45) is 3.37. The highest BCUT2D eigenvalue weighted by molar-refractivity contribution is 5.98. The lowest BCUT2D eigenvalue weighted by Crippen LogP contribution is -2.53. The molecule has 1 aromatic heterocycles. The van der Waals surface area contributed by atoms with Crippen LogP contribution >= 0.6 is 0 Å². The fourth-order valence-corrected chi connectivity index (χ4v) is 4.26. The third kappa shape index (κ3) is 3.76. The molecule has 2 aromatic rings. The van der Waals surface area contributed by atoms with Gasteiger partial charge in [0.15, 0.2) is 0 Å². The minimum absolute atomic E-state index is 0.119. The molecule has 28 heavy (non-hydrogen) atoms. The molecular weight excluding hydrogens is 359 g/mol. The van der Waals surface area contributed by atoms with Crippen LogP contribution in [0.15, 0.2) is 24.3 Å². The first-order chi connectivity index (χ1) is 13.5. The zero-order valence-corrected chi connectivity index (χ0v) is 16.3. The largest absolute Gasteiger partial charge is 0.350 e. The summed E-state index contributed by atoms with van der Waals surface area (Å²) in [6.45, 7) is 5.89. The quantitative estimate of drug-likeness (QED) is 0.882. The maximum Gasteiger partial charge on any atom is 0.270 e. The van der Waals surface area contributed by atoms with E-state index in [0.29, 0.717) is 55.4 Å². The van der Waals surface area contributed by atoms with Gasteiger partial charge in [-0.15, -0.1) is 0 Å². The van der Waals surface area contributed by atoms with Crippen molar-refractivity contribution >= 4 is 22.7 Å². The zero-order valence-electron chi connectivity index (χ0n) is 16.3. The molecule has 4 rings (SSSR count). The van der Waals surface area contributed by atoms with Crippen molar-refractivity contribution in [2.75, 3.05) is 39.3 Å². The highest BCUT2D eigenvalue weighted by Gasteiger charge is 2.28. The number of nitrogens with one attached hydrogen (secondary N) is 1. The van der Waals surface area contributed by atoms with E-state index in [-0.39, 0.29) is 17.6 Å². The Labute approximate surface area is 164 Å². The molecule has 2 aliphatic heterocycles. The average Bonchev–Trinajstić information content (AvgIpc) is 3.14. The molecule has 3 heterocycles. The van der Waals surface area contributed by atoms with Crippen molar-refractivity contribution in [1.82, 2.24) is 19.7 Å². The summed E-state index contributed by atoms with van der Waals surface area (Å²) < 4.78 is 13.9. The number of benzene rings is 1. The van der Waals surface area contributed by atoms with Crippen LogP contribution in [0.5, 0.6) is 0 Å². The van der Waals surface area contributed by atoms with Crippen molar-refractivity contribution in [3.05, 3.63) is 35.8 Å². The molecule has 0 saturated carbocycles. The van der Waals surface area contributed by atoms with Crippen LogP contribution in [-0.2, 0) is 4.79 Å². The van der Waals surface area contributed by atoms with Gasteiger partial charge in [0.2, 0.25) is 5.91 Å². The Bertz CT molecular complexity index is 872. The minimum Gasteiger partial charge on any atom is -0.350 e. The fraction of sp³-hybridized carbons (Fsp3) is 0.524. The summed E-state index contributed by atoms with van der Waals surface area (Å²) in [5.74, 6) is -0.257. The third-order valence-electron chi connectivity index (χ3n) is 5.98. The summed E-state index contributed by atoms with van der Waals surface area (Å²) >= 11 is 0. The number of carbonyl (C=O) groups excluding carboxylic acids is 2. The first kappa shape index (κ1) is 18.9. The van der Waals surface area contributed by atoms with Crippen molar-refractivity contribution in [3.63, 3.8) is 0 Å². The minimum atomic E-state index is -0.330. The molecule has 0 spiro atoms. The van der Waals surface area contributed by atoms with Gasteiger partial charge in [-0.2, -0.15) is 0 Å². The number of hydrogen-bond acceptors (Lipinski definition) is 3. The second kappa shape index (κ2) is 7.91. The second-order valence-corrected chi connectivity index (χ2v) is 7.88. The number of likely N-dealkylation sites (tertiary alicyclic amines) is 1. The third-order valence-corrected chi connectivity index (χ3v) is 5.98. The van der Waals surface area contributed by atoms with Crippen LogP contribution in [0.3, 0.4) is 0 Å². The van der Waals surface area contributed by atoms with Gasteiger partial charge in [0.25, 0.3) is 5.91 Å². The van der Waals surface area contributed by atoms with Gasteiger partial charge in [0, 0.05) is 49.7 Å². The first-order valence-corrected chi connectivity index (χ1v) is 10.1. The van der Waals surface area contributed by atoms with Crippen LogP contribution in [-0.4, -0.2) is 76.8 Å². The number of nitrogens with zero attached hydrogens (tertiary/aromatic N) is 3. The SMILES string of the molecule is CC1CCCCN1C(=O)CN1CCN(C(=O)c2cc3c(F)cccc3[nH]2)CC1. The maximum atomic E-state index is 13.9. The highest BCUT2D eigenvalue weighted by Crippen LogP contribution is 2.20. The Kier molecular flexibility index (Phi) is 5.35. The highest BCUT2D eigenvalue weighted by atomic mass is 19.1. The molecule has 7 heteroatoms. The van der Waals surface area contributed by atoms with E-state index in [1.54, 1.807) is 23.1 Å². The lowest BCUT2D eigenvalue weighted by Gasteiger charge is -2.38. The van der Waals surface area contributed by atoms with E-state index in [0.717, 1.165) is 19.4 Å². The summed E-state index contributed by atoms with van der Waals surface area (Å²) in [4.78, 5) is 34.3. The van der Waals surface area contributed by atoms with Gasteiger partial charge in [0.05, 0.1) is 6.54 Å². The molecule has 2 aliphatic rings. The number of amides is 2. The molecule has 150 valence electrons. The molecular formula is C21H27FN4O2. The van der Waals surface area contributed by atoms with Gasteiger partial charge in [-0.1, -0.05) is 6.07 Å². The number of hydrogen-bond donors (Lipinski definition) is 1. The number of piperazine rings is 1. The van der Waals surface area contributed by atoms with Gasteiger partial charge in [-0.25, -0.2) is 4.39 Å². The standard InChI is InChI=1S/C21H27FN4O2/c1-15-5-2-3-8-26(15)20(27)14-24-9-11-25(12-10-24)21(28)19-13-16-17(22)6-4-7-18(16)23-19/h4,6-7,13,15,23H,2-3,5,8-12,14H2,1H3. The van der Waals surface area contributed by atoms with Crippen LogP contribution in [0.2, 0.25) is 0 Å². The number of fused-ring (bicyclic) bond motifs is 1. The Hall–Kier alpha value is -2.41. The Morgan fingerprint density at radius 2 is 1.93 bits per heavy atom. The molecule has 6 nitrogen and oxygen atoms in total. The van der Waals surface area contributed by atoms with E-state index >= 15 is 0 Å². The predicted octanol–water partition coefficient (Wildman–Crippen LogP) is 2.47. The predicted molar refractivity (Wildman–Crippen MR) is 106 cm³/mol. The average molecular weight is 386 g/mol. The second-order valence-electron chi connectivity index (χ2n) is 7.88. The fourth-order valence-electron chi connectivity index (χ4n) is 4.26. The lowest BCUT2D eigenvalue weighted by molar-refractivity contribution is -0.136. The normalized spacial score (nSPS) is 21.3. The molecule has 1 N–H and O–H groups in total. The molecule has 2 amide bonds. The first-order valence-electron chi connectivity index (χ1n) is 10.1. The number of rotatable bonds is 3. The summed E-state index contributed by atoms with van der Waals surface area (Å²) in [5, 5.41) is 0.436. The summed E-state index contributed by atoms with van der Waals surface area (Å²) in [7, 11) is 0. The Balaban J connectivity index is 1.33. The molecule has 0 radical (unpaired) electrons. The van der Waals surface area contributed by atoms with E-state index < -0.39 is 0 Å². The van der Waals surface area contributed by atoms with Crippen molar-refractivity contribution in [1.29, 1.82) is 0 Å². The van der Waals surface area contributed by atoms with Crippen LogP contribution in [0.1, 0.15) is 36.7 Å². The van der Waals surface area contributed by atoms with E-state index in [9.17, 15) is 14.0 Å². The monoisotopic (exact) mass is 386 g/mol. The van der Waals surface area contributed by atoms with Gasteiger partial charge in [-0.05, 0) is 44.4 Å². The van der Waals surface area contributed by atoms with E-state index in [1.807, 2.05) is 4.90 Å². The van der Waals surface area contributed by atoms with Crippen molar-refractivity contribution < 1.29 is 14.0 Å². The number of piperidine rings is 1. The van der Waals surface area contributed by atoms with E-state index in [2.05, 4.69) is 16.8 Å². The van der Waals surface area contributed by atoms with Crippen LogP contribution in [0, 0.1) is 5.82 Å². The topological polar surface area (TPSA) is 59.7 Å². The van der Waals surface area contributed by atoms with E-state index in [4.69, 9.17) is 0 Å². The number of aromatic amines is 1. The van der Waals surface area contributed by atoms with Crippen LogP contribution in [0.25, 0.3) is 10.9 Å². The van der Waals surface area contributed by atoms with Crippen LogP contribution < -0.4 is 0 Å². The van der Waals surface area contributed by atoms with E-state index in [1.165, 1.54) is 12.5 Å². The van der Waals surface area contributed by atoms with Gasteiger partial charge in [0.1, 0.15) is 11.5 Å². The smallest absolute Gasteiger partial charge is 0.270 e. The molecule has 2 saturated heterocycles. The number of H-pyrrole nitrogens is 1. The summed E-state index contributed by atoms with van der Waals surface area (Å²) in [6, 6.07) is 6.69. The van der Waals surface area contributed by atoms with Crippen LogP contribution in [0.4, 0.5) is 4.39 Å². The Morgan fingerprint density at radius 3 is 2.64 bits per heavy atom. The number of halogens is 1. The molecule has 2 fully saturated rings. The molecule has 1 unspecified atom stereocenters. The van der Waals surface area contributed by atoms with Crippen molar-refractivity contribution in [2.45, 2.75) is 32.2 Å². The zero-order chi connectivity index (χ0) is 19.7. The molecule has 0 aliphatic carbocycles. The maximum absolute atomic E-state index is 13.9.